The highest BCUT2D eigenvalue weighted by Crippen LogP contribution is 2.38. The molecule has 138 valence electrons. The highest BCUT2D eigenvalue weighted by Gasteiger charge is 2.42. The minimum Gasteiger partial charge on any atom is -0.381 e. The molecule has 25 heavy (non-hydrogen) atoms. The lowest BCUT2D eigenvalue weighted by molar-refractivity contribution is 0.135. The number of rotatable bonds is 7. The van der Waals surface area contributed by atoms with Gasteiger partial charge in [-0.25, -0.2) is 0 Å². The van der Waals surface area contributed by atoms with Gasteiger partial charge in [0, 0.05) is 45.3 Å². The molecule has 1 spiro atoms. The lowest BCUT2D eigenvalue weighted by atomic mass is 9.87. The fourth-order valence-corrected chi connectivity index (χ4v) is 3.73. The molecule has 0 amide bonds. The summed E-state index contributed by atoms with van der Waals surface area (Å²) in [5, 5.41) is 3.48. The third-order valence-electron chi connectivity index (χ3n) is 5.26. The van der Waals surface area contributed by atoms with Gasteiger partial charge in [0.05, 0.1) is 13.2 Å². The Morgan fingerprint density at radius 2 is 2.16 bits per heavy atom. The topological polar surface area (TPSA) is 46.1 Å². The molecule has 1 aromatic carbocycles. The number of ether oxygens (including phenoxy) is 2. The van der Waals surface area contributed by atoms with Gasteiger partial charge in [-0.05, 0) is 31.2 Å². The molecule has 2 aliphatic rings. The standard InChI is InChI=1S/C20H31N3O2/c1-21-19(23-12-9-20(16-23)10-15-25-17-20)22-11-5-13-24-14-8-18-6-3-2-4-7-18/h2-4,6-7H,5,8-17H2,1H3,(H,21,22). The largest absolute Gasteiger partial charge is 0.381 e. The molecular formula is C20H31N3O2. The van der Waals surface area contributed by atoms with Crippen LogP contribution in [0, 0.1) is 5.41 Å². The van der Waals surface area contributed by atoms with E-state index in [2.05, 4.69) is 39.5 Å². The van der Waals surface area contributed by atoms with E-state index in [4.69, 9.17) is 9.47 Å². The van der Waals surface area contributed by atoms with E-state index < -0.39 is 0 Å². The van der Waals surface area contributed by atoms with Crippen molar-refractivity contribution in [2.24, 2.45) is 10.4 Å². The lowest BCUT2D eigenvalue weighted by Crippen LogP contribution is -2.42. The molecule has 0 radical (unpaired) electrons. The molecule has 3 rings (SSSR count). The Morgan fingerprint density at radius 1 is 1.28 bits per heavy atom. The van der Waals surface area contributed by atoms with Crippen molar-refractivity contribution >= 4 is 5.96 Å². The van der Waals surface area contributed by atoms with Crippen LogP contribution >= 0.6 is 0 Å². The van der Waals surface area contributed by atoms with Gasteiger partial charge in [-0.15, -0.1) is 0 Å². The number of likely N-dealkylation sites (tertiary alicyclic amines) is 1. The van der Waals surface area contributed by atoms with Gasteiger partial charge in [0.15, 0.2) is 5.96 Å². The maximum atomic E-state index is 5.74. The SMILES string of the molecule is CN=C(NCCCOCCc1ccccc1)N1CCC2(CCOC2)C1. The lowest BCUT2D eigenvalue weighted by Gasteiger charge is -2.24. The summed E-state index contributed by atoms with van der Waals surface area (Å²) in [4.78, 5) is 6.83. The first kappa shape index (κ1) is 18.2. The molecule has 1 unspecified atom stereocenters. The Balaban J connectivity index is 1.27. The average Bonchev–Trinajstić information content (AvgIpc) is 3.28. The monoisotopic (exact) mass is 345 g/mol. The zero-order valence-corrected chi connectivity index (χ0v) is 15.4. The van der Waals surface area contributed by atoms with E-state index in [-0.39, 0.29) is 0 Å². The van der Waals surface area contributed by atoms with Crippen LogP contribution in [0.5, 0.6) is 0 Å². The number of guanidine groups is 1. The number of nitrogens with zero attached hydrogens (tertiary/aromatic N) is 2. The van der Waals surface area contributed by atoms with E-state index in [9.17, 15) is 0 Å². The number of aliphatic imine (C=N–C) groups is 1. The average molecular weight is 345 g/mol. The normalized spacial score (nSPS) is 23.6. The third-order valence-corrected chi connectivity index (χ3v) is 5.26. The van der Waals surface area contributed by atoms with Gasteiger partial charge in [0.25, 0.3) is 0 Å². The van der Waals surface area contributed by atoms with Crippen LogP contribution in [0.1, 0.15) is 24.8 Å². The summed E-state index contributed by atoms with van der Waals surface area (Å²) >= 11 is 0. The van der Waals surface area contributed by atoms with Gasteiger partial charge in [-0.3, -0.25) is 4.99 Å². The summed E-state index contributed by atoms with van der Waals surface area (Å²) in [7, 11) is 1.87. The quantitative estimate of drug-likeness (QED) is 0.468. The third kappa shape index (κ3) is 5.19. The van der Waals surface area contributed by atoms with Gasteiger partial charge in [-0.2, -0.15) is 0 Å². The number of hydrogen-bond acceptors (Lipinski definition) is 3. The Labute approximate surface area is 151 Å². The van der Waals surface area contributed by atoms with Crippen molar-refractivity contribution in [1.82, 2.24) is 10.2 Å². The van der Waals surface area contributed by atoms with E-state index in [1.54, 1.807) is 0 Å². The summed E-state index contributed by atoms with van der Waals surface area (Å²) in [5.41, 5.74) is 1.71. The second-order valence-electron chi connectivity index (χ2n) is 7.15. The Kier molecular flexibility index (Phi) is 6.70. The molecular weight excluding hydrogens is 314 g/mol. The summed E-state index contributed by atoms with van der Waals surface area (Å²) in [5.74, 6) is 1.02. The van der Waals surface area contributed by atoms with Gasteiger partial charge >= 0.3 is 0 Å². The Morgan fingerprint density at radius 3 is 2.92 bits per heavy atom. The smallest absolute Gasteiger partial charge is 0.193 e. The number of benzene rings is 1. The first-order valence-electron chi connectivity index (χ1n) is 9.46. The molecule has 5 heteroatoms. The fraction of sp³-hybridized carbons (Fsp3) is 0.650. The van der Waals surface area contributed by atoms with E-state index in [1.807, 2.05) is 13.1 Å². The molecule has 5 nitrogen and oxygen atoms in total. The van der Waals surface area contributed by atoms with Crippen LogP contribution in [-0.2, 0) is 15.9 Å². The maximum absolute atomic E-state index is 5.74. The summed E-state index contributed by atoms with van der Waals surface area (Å²) in [6.07, 6.45) is 4.38. The van der Waals surface area contributed by atoms with Gasteiger partial charge in [-0.1, -0.05) is 30.3 Å². The zero-order chi connectivity index (χ0) is 17.4. The second kappa shape index (κ2) is 9.20. The summed E-state index contributed by atoms with van der Waals surface area (Å²) < 4.78 is 11.4. The van der Waals surface area contributed by atoms with E-state index in [1.165, 1.54) is 18.4 Å². The van der Waals surface area contributed by atoms with E-state index in [0.29, 0.717) is 5.41 Å². The minimum atomic E-state index is 0.373. The molecule has 0 saturated carbocycles. The van der Waals surface area contributed by atoms with Crippen molar-refractivity contribution in [2.45, 2.75) is 25.7 Å². The molecule has 1 aromatic rings. The molecule has 0 aliphatic carbocycles. The molecule has 0 bridgehead atoms. The van der Waals surface area contributed by atoms with Gasteiger partial charge < -0.3 is 19.7 Å². The van der Waals surface area contributed by atoms with Gasteiger partial charge in [0.2, 0.25) is 0 Å². The Hall–Kier alpha value is -1.59. The highest BCUT2D eigenvalue weighted by molar-refractivity contribution is 5.80. The van der Waals surface area contributed by atoms with Crippen LogP contribution in [0.15, 0.2) is 35.3 Å². The van der Waals surface area contributed by atoms with E-state index >= 15 is 0 Å². The molecule has 2 fully saturated rings. The molecule has 0 aromatic heterocycles. The second-order valence-corrected chi connectivity index (χ2v) is 7.15. The summed E-state index contributed by atoms with van der Waals surface area (Å²) in [6, 6.07) is 10.5. The molecule has 1 N–H and O–H groups in total. The molecule has 2 saturated heterocycles. The van der Waals surface area contributed by atoms with Crippen LogP contribution in [0.25, 0.3) is 0 Å². The van der Waals surface area contributed by atoms with Crippen molar-refractivity contribution in [2.75, 3.05) is 53.1 Å². The summed E-state index contributed by atoms with van der Waals surface area (Å²) in [6.45, 7) is 6.45. The molecule has 2 heterocycles. The van der Waals surface area contributed by atoms with Crippen LogP contribution in [0.2, 0.25) is 0 Å². The van der Waals surface area contributed by atoms with Crippen molar-refractivity contribution < 1.29 is 9.47 Å². The van der Waals surface area contributed by atoms with Crippen molar-refractivity contribution in [3.63, 3.8) is 0 Å². The predicted molar refractivity (Wildman–Crippen MR) is 101 cm³/mol. The first-order chi connectivity index (χ1) is 12.3. The van der Waals surface area contributed by atoms with Crippen molar-refractivity contribution in [1.29, 1.82) is 0 Å². The number of nitrogens with one attached hydrogen (secondary N) is 1. The van der Waals surface area contributed by atoms with E-state index in [0.717, 1.165) is 64.9 Å². The maximum Gasteiger partial charge on any atom is 0.193 e. The van der Waals surface area contributed by atoms with Crippen molar-refractivity contribution in [3.05, 3.63) is 35.9 Å². The Bertz CT molecular complexity index is 541. The van der Waals surface area contributed by atoms with Crippen molar-refractivity contribution in [3.8, 4) is 0 Å². The minimum absolute atomic E-state index is 0.373. The number of hydrogen-bond donors (Lipinski definition) is 1. The van der Waals surface area contributed by atoms with Crippen LogP contribution in [-0.4, -0.2) is 64.0 Å². The van der Waals surface area contributed by atoms with Crippen LogP contribution in [0.3, 0.4) is 0 Å². The van der Waals surface area contributed by atoms with Crippen LogP contribution in [0.4, 0.5) is 0 Å². The highest BCUT2D eigenvalue weighted by atomic mass is 16.5. The molecule has 1 atom stereocenters. The van der Waals surface area contributed by atoms with Crippen LogP contribution < -0.4 is 5.32 Å². The predicted octanol–water partition coefficient (Wildman–Crippen LogP) is 2.32. The first-order valence-corrected chi connectivity index (χ1v) is 9.46. The fourth-order valence-electron chi connectivity index (χ4n) is 3.73. The molecule has 2 aliphatic heterocycles. The zero-order valence-electron chi connectivity index (χ0n) is 15.4. The van der Waals surface area contributed by atoms with Gasteiger partial charge in [0.1, 0.15) is 0 Å².